The third kappa shape index (κ3) is 4.17. The summed E-state index contributed by atoms with van der Waals surface area (Å²) in [5, 5.41) is 10.5. The standard InChI is InChI=1S/C14H11ClN4O5/c15-11-7-9(19(23)24)4-5-10(11)14(22)17-16-12(20)8-18-6-2-1-3-13(18)21/h1-7H,8H2,(H,16,20)(H,17,22). The summed E-state index contributed by atoms with van der Waals surface area (Å²) in [5.74, 6) is -1.38. The molecule has 0 aliphatic carbocycles. The number of nitro benzene ring substituents is 1. The highest BCUT2D eigenvalue weighted by Crippen LogP contribution is 2.22. The van der Waals surface area contributed by atoms with E-state index in [-0.39, 0.29) is 28.4 Å². The number of rotatable bonds is 4. The van der Waals surface area contributed by atoms with Gasteiger partial charge >= 0.3 is 0 Å². The van der Waals surface area contributed by atoms with Crippen LogP contribution >= 0.6 is 11.6 Å². The van der Waals surface area contributed by atoms with Crippen LogP contribution in [0.3, 0.4) is 0 Å². The first kappa shape index (κ1) is 17.2. The largest absolute Gasteiger partial charge is 0.306 e. The summed E-state index contributed by atoms with van der Waals surface area (Å²) in [6.07, 6.45) is 1.43. The molecule has 0 bridgehead atoms. The molecule has 0 aliphatic heterocycles. The molecule has 0 radical (unpaired) electrons. The topological polar surface area (TPSA) is 123 Å². The van der Waals surface area contributed by atoms with Crippen molar-refractivity contribution in [2.24, 2.45) is 0 Å². The van der Waals surface area contributed by atoms with Gasteiger partial charge in [0.2, 0.25) is 0 Å². The molecule has 24 heavy (non-hydrogen) atoms. The summed E-state index contributed by atoms with van der Waals surface area (Å²) in [4.78, 5) is 45.1. The first-order valence-corrected chi connectivity index (χ1v) is 6.95. The lowest BCUT2D eigenvalue weighted by Crippen LogP contribution is -2.44. The number of nitrogens with one attached hydrogen (secondary N) is 2. The van der Waals surface area contributed by atoms with Gasteiger partial charge in [0.1, 0.15) is 6.54 Å². The highest BCUT2D eigenvalue weighted by molar-refractivity contribution is 6.34. The van der Waals surface area contributed by atoms with Crippen LogP contribution < -0.4 is 16.4 Å². The van der Waals surface area contributed by atoms with Crippen molar-refractivity contribution in [3.63, 3.8) is 0 Å². The van der Waals surface area contributed by atoms with Crippen molar-refractivity contribution in [3.8, 4) is 0 Å². The summed E-state index contributed by atoms with van der Waals surface area (Å²) < 4.78 is 1.15. The molecular weight excluding hydrogens is 340 g/mol. The molecule has 10 heteroatoms. The molecule has 1 aromatic carbocycles. The van der Waals surface area contributed by atoms with Crippen molar-refractivity contribution < 1.29 is 14.5 Å². The lowest BCUT2D eigenvalue weighted by Gasteiger charge is -2.09. The van der Waals surface area contributed by atoms with Gasteiger partial charge in [-0.3, -0.25) is 35.3 Å². The fourth-order valence-corrected chi connectivity index (χ4v) is 2.04. The normalized spacial score (nSPS) is 10.0. The second-order valence-electron chi connectivity index (χ2n) is 4.59. The average Bonchev–Trinajstić information content (AvgIpc) is 2.54. The first-order valence-electron chi connectivity index (χ1n) is 6.57. The van der Waals surface area contributed by atoms with Crippen molar-refractivity contribution in [2.75, 3.05) is 0 Å². The minimum atomic E-state index is -0.747. The summed E-state index contributed by atoms with van der Waals surface area (Å²) in [6, 6.07) is 7.74. The molecule has 2 rings (SSSR count). The number of non-ortho nitro benzene ring substituents is 1. The Kier molecular flexibility index (Phi) is 5.27. The maximum atomic E-state index is 11.9. The van der Waals surface area contributed by atoms with Crippen molar-refractivity contribution in [1.29, 1.82) is 0 Å². The van der Waals surface area contributed by atoms with Gasteiger partial charge in [-0.2, -0.15) is 0 Å². The third-order valence-electron chi connectivity index (χ3n) is 2.94. The van der Waals surface area contributed by atoms with Gasteiger partial charge in [-0.15, -0.1) is 0 Å². The van der Waals surface area contributed by atoms with Crippen LogP contribution in [0.15, 0.2) is 47.4 Å². The number of pyridine rings is 1. The van der Waals surface area contributed by atoms with Crippen LogP contribution in [0.1, 0.15) is 10.4 Å². The number of aromatic nitrogens is 1. The van der Waals surface area contributed by atoms with Crippen LogP contribution in [0.4, 0.5) is 5.69 Å². The Balaban J connectivity index is 1.98. The van der Waals surface area contributed by atoms with E-state index < -0.39 is 16.7 Å². The highest BCUT2D eigenvalue weighted by Gasteiger charge is 2.15. The molecule has 1 aromatic heterocycles. The maximum absolute atomic E-state index is 11.9. The van der Waals surface area contributed by atoms with Crippen molar-refractivity contribution in [1.82, 2.24) is 15.4 Å². The van der Waals surface area contributed by atoms with Crippen LogP contribution in [-0.2, 0) is 11.3 Å². The van der Waals surface area contributed by atoms with Gasteiger partial charge in [0, 0.05) is 24.4 Å². The molecule has 0 saturated carbocycles. The number of hydrogen-bond donors (Lipinski definition) is 2. The molecule has 0 fully saturated rings. The number of hydrazine groups is 1. The fourth-order valence-electron chi connectivity index (χ4n) is 1.78. The van der Waals surface area contributed by atoms with E-state index in [1.54, 1.807) is 6.07 Å². The minimum absolute atomic E-state index is 0.0422. The molecule has 0 unspecified atom stereocenters. The Morgan fingerprint density at radius 1 is 1.21 bits per heavy atom. The van der Waals surface area contributed by atoms with Gasteiger partial charge in [0.25, 0.3) is 23.1 Å². The van der Waals surface area contributed by atoms with E-state index in [0.29, 0.717) is 0 Å². The summed E-state index contributed by atoms with van der Waals surface area (Å²) in [7, 11) is 0. The molecule has 2 aromatic rings. The molecule has 2 N–H and O–H groups in total. The Bertz CT molecular complexity index is 864. The Morgan fingerprint density at radius 2 is 1.96 bits per heavy atom. The number of benzene rings is 1. The highest BCUT2D eigenvalue weighted by atomic mass is 35.5. The molecule has 2 amide bonds. The summed E-state index contributed by atoms with van der Waals surface area (Å²) in [5.41, 5.74) is 3.58. The van der Waals surface area contributed by atoms with E-state index in [0.717, 1.165) is 16.7 Å². The van der Waals surface area contributed by atoms with Crippen molar-refractivity contribution in [2.45, 2.75) is 6.54 Å². The molecular formula is C14H11ClN4O5. The molecule has 0 saturated heterocycles. The summed E-state index contributed by atoms with van der Waals surface area (Å²) >= 11 is 5.81. The van der Waals surface area contributed by atoms with Crippen molar-refractivity contribution in [3.05, 3.63) is 73.6 Å². The van der Waals surface area contributed by atoms with E-state index in [1.807, 2.05) is 0 Å². The van der Waals surface area contributed by atoms with Crippen LogP contribution in [0.2, 0.25) is 5.02 Å². The fraction of sp³-hybridized carbons (Fsp3) is 0.0714. The van der Waals surface area contributed by atoms with E-state index in [4.69, 9.17) is 11.6 Å². The molecule has 0 spiro atoms. The zero-order chi connectivity index (χ0) is 17.7. The van der Waals surface area contributed by atoms with Gasteiger partial charge in [-0.1, -0.05) is 17.7 Å². The Morgan fingerprint density at radius 3 is 2.58 bits per heavy atom. The van der Waals surface area contributed by atoms with Crippen molar-refractivity contribution >= 4 is 29.1 Å². The maximum Gasteiger partial charge on any atom is 0.271 e. The smallest absolute Gasteiger partial charge is 0.271 e. The van der Waals surface area contributed by atoms with E-state index in [1.165, 1.54) is 24.4 Å². The van der Waals surface area contributed by atoms with E-state index >= 15 is 0 Å². The number of carbonyl (C=O) groups is 2. The Hall–Kier alpha value is -3.20. The van der Waals surface area contributed by atoms with E-state index in [9.17, 15) is 24.5 Å². The number of nitrogens with zero attached hydrogens (tertiary/aromatic N) is 2. The predicted octanol–water partition coefficient (Wildman–Crippen LogP) is 0.871. The third-order valence-corrected chi connectivity index (χ3v) is 3.25. The average molecular weight is 351 g/mol. The van der Waals surface area contributed by atoms with Crippen LogP contribution in [-0.4, -0.2) is 21.3 Å². The van der Waals surface area contributed by atoms with Crippen LogP contribution in [0.25, 0.3) is 0 Å². The summed E-state index contributed by atoms with van der Waals surface area (Å²) in [6.45, 7) is -0.284. The molecule has 0 atom stereocenters. The number of hydrogen-bond acceptors (Lipinski definition) is 5. The lowest BCUT2D eigenvalue weighted by molar-refractivity contribution is -0.384. The number of halogens is 1. The number of nitro groups is 1. The second kappa shape index (κ2) is 7.38. The second-order valence-corrected chi connectivity index (χ2v) is 5.00. The zero-order valence-electron chi connectivity index (χ0n) is 12.1. The van der Waals surface area contributed by atoms with Crippen LogP contribution in [0, 0.1) is 10.1 Å². The van der Waals surface area contributed by atoms with E-state index in [2.05, 4.69) is 10.9 Å². The minimum Gasteiger partial charge on any atom is -0.306 e. The molecule has 0 aliphatic rings. The van der Waals surface area contributed by atoms with Gasteiger partial charge < -0.3 is 4.57 Å². The first-order chi connectivity index (χ1) is 11.4. The monoisotopic (exact) mass is 350 g/mol. The number of carbonyl (C=O) groups excluding carboxylic acids is 2. The van der Waals surface area contributed by atoms with Gasteiger partial charge in [-0.25, -0.2) is 0 Å². The quantitative estimate of drug-likeness (QED) is 0.625. The molecule has 1 heterocycles. The van der Waals surface area contributed by atoms with Gasteiger partial charge in [-0.05, 0) is 12.1 Å². The van der Waals surface area contributed by atoms with Gasteiger partial charge in [0.15, 0.2) is 0 Å². The predicted molar refractivity (Wildman–Crippen MR) is 84.4 cm³/mol. The number of amides is 2. The Labute approximate surface area is 140 Å². The van der Waals surface area contributed by atoms with Gasteiger partial charge in [0.05, 0.1) is 15.5 Å². The SMILES string of the molecule is O=C(Cn1ccccc1=O)NNC(=O)c1ccc([N+](=O)[O-])cc1Cl. The molecule has 9 nitrogen and oxygen atoms in total. The molecule has 124 valence electrons. The van der Waals surface area contributed by atoms with Crippen LogP contribution in [0.5, 0.6) is 0 Å². The lowest BCUT2D eigenvalue weighted by atomic mass is 10.2. The zero-order valence-corrected chi connectivity index (χ0v) is 12.8.